The molecule has 0 aliphatic carbocycles. The standard InChI is InChI=1S/C19H26FN3O2.ClH/c1-2-21-10-4-3-5-17(21)19(25)23-13-11-22(12-14-23)18(24)15-6-8-16(20)9-7-15;/h6-9,17H,2-5,10-14H2,1H3;1H. The van der Waals surface area contributed by atoms with E-state index in [-0.39, 0.29) is 36.1 Å². The van der Waals surface area contributed by atoms with E-state index in [1.54, 1.807) is 4.90 Å². The summed E-state index contributed by atoms with van der Waals surface area (Å²) in [6.45, 7) is 6.20. The van der Waals surface area contributed by atoms with Crippen LogP contribution in [0.3, 0.4) is 0 Å². The average Bonchev–Trinajstić information content (AvgIpc) is 2.67. The van der Waals surface area contributed by atoms with Crippen LogP contribution in [0.25, 0.3) is 0 Å². The molecule has 1 aromatic carbocycles. The van der Waals surface area contributed by atoms with Crippen molar-refractivity contribution in [2.45, 2.75) is 32.2 Å². The zero-order chi connectivity index (χ0) is 17.8. The predicted octanol–water partition coefficient (Wildman–Crippen LogP) is 2.41. The SMILES string of the molecule is CCN1CCCCC1C(=O)N1CCN(C(=O)c2ccc(F)cc2)CC1.Cl. The van der Waals surface area contributed by atoms with E-state index in [0.717, 1.165) is 32.4 Å². The van der Waals surface area contributed by atoms with Gasteiger partial charge in [0.15, 0.2) is 0 Å². The van der Waals surface area contributed by atoms with E-state index in [9.17, 15) is 14.0 Å². The molecule has 2 aliphatic rings. The van der Waals surface area contributed by atoms with Gasteiger partial charge in [0.1, 0.15) is 5.82 Å². The van der Waals surface area contributed by atoms with E-state index >= 15 is 0 Å². The summed E-state index contributed by atoms with van der Waals surface area (Å²) in [6.07, 6.45) is 3.20. The predicted molar refractivity (Wildman–Crippen MR) is 101 cm³/mol. The number of benzene rings is 1. The second-order valence-electron chi connectivity index (χ2n) is 6.76. The van der Waals surface area contributed by atoms with Crippen LogP contribution in [0.5, 0.6) is 0 Å². The summed E-state index contributed by atoms with van der Waals surface area (Å²) >= 11 is 0. The molecule has 2 amide bonds. The van der Waals surface area contributed by atoms with Gasteiger partial charge in [-0.25, -0.2) is 4.39 Å². The third kappa shape index (κ3) is 4.54. The molecule has 5 nitrogen and oxygen atoms in total. The van der Waals surface area contributed by atoms with Crippen molar-refractivity contribution in [3.8, 4) is 0 Å². The number of nitrogens with zero attached hydrogens (tertiary/aromatic N) is 3. The van der Waals surface area contributed by atoms with Crippen molar-refractivity contribution in [1.29, 1.82) is 0 Å². The highest BCUT2D eigenvalue weighted by molar-refractivity contribution is 5.94. The Morgan fingerprint density at radius 2 is 1.62 bits per heavy atom. The fourth-order valence-corrected chi connectivity index (χ4v) is 3.76. The molecule has 2 fully saturated rings. The highest BCUT2D eigenvalue weighted by Crippen LogP contribution is 2.20. The Hall–Kier alpha value is -1.66. The molecule has 26 heavy (non-hydrogen) atoms. The number of halogens is 2. The second-order valence-corrected chi connectivity index (χ2v) is 6.76. The number of rotatable bonds is 3. The third-order valence-electron chi connectivity index (χ3n) is 5.27. The molecule has 1 aromatic rings. The van der Waals surface area contributed by atoms with Gasteiger partial charge in [0, 0.05) is 31.7 Å². The van der Waals surface area contributed by atoms with Crippen molar-refractivity contribution in [3.63, 3.8) is 0 Å². The minimum absolute atomic E-state index is 0. The monoisotopic (exact) mass is 383 g/mol. The molecular formula is C19H27ClFN3O2. The van der Waals surface area contributed by atoms with Gasteiger partial charge in [0.25, 0.3) is 5.91 Å². The number of likely N-dealkylation sites (tertiary alicyclic amines) is 1. The highest BCUT2D eigenvalue weighted by atomic mass is 35.5. The summed E-state index contributed by atoms with van der Waals surface area (Å²) in [5.74, 6) is -0.240. The first-order chi connectivity index (χ1) is 12.1. The molecule has 7 heteroatoms. The Kier molecular flexibility index (Phi) is 7.41. The van der Waals surface area contributed by atoms with Crippen LogP contribution in [0, 0.1) is 5.82 Å². The van der Waals surface area contributed by atoms with E-state index in [4.69, 9.17) is 0 Å². The lowest BCUT2D eigenvalue weighted by Crippen LogP contribution is -2.56. The first kappa shape index (κ1) is 20.6. The fraction of sp³-hybridized carbons (Fsp3) is 0.579. The smallest absolute Gasteiger partial charge is 0.253 e. The minimum atomic E-state index is -0.347. The van der Waals surface area contributed by atoms with Crippen LogP contribution in [0.4, 0.5) is 4.39 Å². The molecule has 1 unspecified atom stereocenters. The van der Waals surface area contributed by atoms with Gasteiger partial charge < -0.3 is 9.80 Å². The molecule has 0 N–H and O–H groups in total. The zero-order valence-corrected chi connectivity index (χ0v) is 16.0. The zero-order valence-electron chi connectivity index (χ0n) is 15.2. The van der Waals surface area contributed by atoms with Gasteiger partial charge in [-0.2, -0.15) is 0 Å². The summed E-state index contributed by atoms with van der Waals surface area (Å²) in [5.41, 5.74) is 0.491. The maximum Gasteiger partial charge on any atom is 0.253 e. The number of piperazine rings is 1. The summed E-state index contributed by atoms with van der Waals surface area (Å²) < 4.78 is 13.0. The van der Waals surface area contributed by atoms with Crippen molar-refractivity contribution in [3.05, 3.63) is 35.6 Å². The molecule has 3 rings (SSSR count). The maximum atomic E-state index is 13.0. The van der Waals surface area contributed by atoms with Crippen molar-refractivity contribution in [2.24, 2.45) is 0 Å². The van der Waals surface area contributed by atoms with Crippen molar-refractivity contribution in [1.82, 2.24) is 14.7 Å². The van der Waals surface area contributed by atoms with E-state index in [0.29, 0.717) is 31.7 Å². The van der Waals surface area contributed by atoms with E-state index in [1.165, 1.54) is 24.3 Å². The van der Waals surface area contributed by atoms with Crippen LogP contribution in [-0.2, 0) is 4.79 Å². The number of carbonyl (C=O) groups is 2. The number of hydrogen-bond acceptors (Lipinski definition) is 3. The Labute approximate surface area is 160 Å². The van der Waals surface area contributed by atoms with Crippen molar-refractivity contribution >= 4 is 24.2 Å². The normalized spacial score (nSPS) is 21.2. The topological polar surface area (TPSA) is 43.9 Å². The molecule has 0 bridgehead atoms. The van der Waals surface area contributed by atoms with Crippen LogP contribution in [-0.4, -0.2) is 71.8 Å². The summed E-state index contributed by atoms with van der Waals surface area (Å²) in [5, 5.41) is 0. The lowest BCUT2D eigenvalue weighted by molar-refractivity contribution is -0.139. The summed E-state index contributed by atoms with van der Waals surface area (Å²) in [7, 11) is 0. The summed E-state index contributed by atoms with van der Waals surface area (Å²) in [6, 6.07) is 5.62. The lowest BCUT2D eigenvalue weighted by atomic mass is 10.0. The minimum Gasteiger partial charge on any atom is -0.338 e. The van der Waals surface area contributed by atoms with Crippen LogP contribution < -0.4 is 0 Å². The molecule has 0 saturated carbocycles. The first-order valence-corrected chi connectivity index (χ1v) is 9.18. The van der Waals surface area contributed by atoms with Gasteiger partial charge in [-0.05, 0) is 50.2 Å². The van der Waals surface area contributed by atoms with Gasteiger partial charge >= 0.3 is 0 Å². The Morgan fingerprint density at radius 3 is 2.23 bits per heavy atom. The maximum absolute atomic E-state index is 13.0. The third-order valence-corrected chi connectivity index (χ3v) is 5.27. The Bertz CT molecular complexity index is 618. The molecule has 0 spiro atoms. The van der Waals surface area contributed by atoms with E-state index < -0.39 is 0 Å². The van der Waals surface area contributed by atoms with E-state index in [2.05, 4.69) is 11.8 Å². The molecule has 0 radical (unpaired) electrons. The van der Waals surface area contributed by atoms with Gasteiger partial charge in [-0.3, -0.25) is 14.5 Å². The molecule has 2 saturated heterocycles. The molecule has 1 atom stereocenters. The van der Waals surface area contributed by atoms with Crippen molar-refractivity contribution in [2.75, 3.05) is 39.3 Å². The first-order valence-electron chi connectivity index (χ1n) is 9.18. The lowest BCUT2D eigenvalue weighted by Gasteiger charge is -2.40. The number of hydrogen-bond donors (Lipinski definition) is 0. The molecule has 0 aromatic heterocycles. The second kappa shape index (κ2) is 9.33. The summed E-state index contributed by atoms with van der Waals surface area (Å²) in [4.78, 5) is 31.2. The quantitative estimate of drug-likeness (QED) is 0.805. The largest absolute Gasteiger partial charge is 0.338 e. The molecule has 2 heterocycles. The molecule has 144 valence electrons. The average molecular weight is 384 g/mol. The van der Waals surface area contributed by atoms with Crippen LogP contribution in [0.1, 0.15) is 36.5 Å². The van der Waals surface area contributed by atoms with Gasteiger partial charge in [0.2, 0.25) is 5.91 Å². The molecule has 2 aliphatic heterocycles. The van der Waals surface area contributed by atoms with Gasteiger partial charge in [0.05, 0.1) is 6.04 Å². The van der Waals surface area contributed by atoms with Crippen LogP contribution in [0.15, 0.2) is 24.3 Å². The number of carbonyl (C=O) groups excluding carboxylic acids is 2. The van der Waals surface area contributed by atoms with E-state index in [1.807, 2.05) is 4.90 Å². The number of amides is 2. The van der Waals surface area contributed by atoms with Crippen LogP contribution in [0.2, 0.25) is 0 Å². The highest BCUT2D eigenvalue weighted by Gasteiger charge is 2.33. The number of likely N-dealkylation sites (N-methyl/N-ethyl adjacent to an activating group) is 1. The number of piperidine rings is 1. The van der Waals surface area contributed by atoms with Gasteiger partial charge in [-0.15, -0.1) is 12.4 Å². The van der Waals surface area contributed by atoms with Crippen LogP contribution >= 0.6 is 12.4 Å². The Balaban J connectivity index is 0.00000243. The van der Waals surface area contributed by atoms with Gasteiger partial charge in [-0.1, -0.05) is 13.3 Å². The Morgan fingerprint density at radius 1 is 1.00 bits per heavy atom. The molecular weight excluding hydrogens is 357 g/mol. The van der Waals surface area contributed by atoms with Crippen molar-refractivity contribution < 1.29 is 14.0 Å². The fourth-order valence-electron chi connectivity index (χ4n) is 3.76.